The smallest absolute Gasteiger partial charge is 0.308 e. The number of carboxylic acids is 1. The van der Waals surface area contributed by atoms with E-state index in [2.05, 4.69) is 23.6 Å². The first-order chi connectivity index (χ1) is 12.9. The molecule has 0 aromatic heterocycles. The highest BCUT2D eigenvalue weighted by atomic mass is 16.4. The summed E-state index contributed by atoms with van der Waals surface area (Å²) in [4.78, 5) is 30.8. The molecule has 27 heavy (non-hydrogen) atoms. The molecule has 2 fully saturated rings. The van der Waals surface area contributed by atoms with Gasteiger partial charge in [0.05, 0.1) is 5.92 Å². The Morgan fingerprint density at radius 3 is 2.22 bits per heavy atom. The number of carbonyl (C=O) groups is 2. The number of carboxylic acid groups (broad SMARTS) is 1. The van der Waals surface area contributed by atoms with Gasteiger partial charge in [-0.1, -0.05) is 0 Å². The van der Waals surface area contributed by atoms with Crippen LogP contribution in [0.4, 0.5) is 5.69 Å². The Balaban J connectivity index is 1.64. The highest BCUT2D eigenvalue weighted by Crippen LogP contribution is 2.25. The lowest BCUT2D eigenvalue weighted by atomic mass is 9.93. The molecule has 6 heteroatoms. The van der Waals surface area contributed by atoms with E-state index in [0.29, 0.717) is 24.6 Å². The van der Waals surface area contributed by atoms with Crippen molar-refractivity contribution in [1.29, 1.82) is 0 Å². The minimum Gasteiger partial charge on any atom is -0.481 e. The summed E-state index contributed by atoms with van der Waals surface area (Å²) in [6.07, 6.45) is 1.38. The van der Waals surface area contributed by atoms with Gasteiger partial charge >= 0.3 is 5.97 Å². The second-order valence-electron chi connectivity index (χ2n) is 8.08. The van der Waals surface area contributed by atoms with Crippen LogP contribution in [0.3, 0.4) is 0 Å². The van der Waals surface area contributed by atoms with Crippen molar-refractivity contribution < 1.29 is 14.7 Å². The second kappa shape index (κ2) is 8.30. The summed E-state index contributed by atoms with van der Waals surface area (Å²) >= 11 is 0. The van der Waals surface area contributed by atoms with Crippen LogP contribution in [0.15, 0.2) is 24.3 Å². The number of hydrogen-bond acceptors (Lipinski definition) is 4. The predicted molar refractivity (Wildman–Crippen MR) is 106 cm³/mol. The van der Waals surface area contributed by atoms with E-state index in [0.717, 1.165) is 38.3 Å². The molecular weight excluding hydrogens is 342 g/mol. The standard InChI is InChI=1S/C21H31N3O3/c1-15(2)22-10-12-23(13-11-22)19-8-6-17(7-9-19)20(25)24-14-18(21(26)27)5-4-16(24)3/h6-9,15-16,18H,4-5,10-14H2,1-3H3,(H,26,27). The van der Waals surface area contributed by atoms with Gasteiger partial charge < -0.3 is 14.9 Å². The molecule has 0 aliphatic carbocycles. The lowest BCUT2D eigenvalue weighted by Crippen LogP contribution is -2.49. The van der Waals surface area contributed by atoms with Crippen molar-refractivity contribution in [3.05, 3.63) is 29.8 Å². The van der Waals surface area contributed by atoms with Crippen LogP contribution in [0.1, 0.15) is 44.0 Å². The number of rotatable bonds is 4. The Bertz CT molecular complexity index is 666. The topological polar surface area (TPSA) is 64.1 Å². The molecule has 148 valence electrons. The van der Waals surface area contributed by atoms with E-state index in [9.17, 15) is 14.7 Å². The fourth-order valence-electron chi connectivity index (χ4n) is 4.07. The maximum Gasteiger partial charge on any atom is 0.308 e. The molecule has 2 atom stereocenters. The Morgan fingerprint density at radius 2 is 1.67 bits per heavy atom. The predicted octanol–water partition coefficient (Wildman–Crippen LogP) is 2.54. The van der Waals surface area contributed by atoms with Crippen molar-refractivity contribution in [1.82, 2.24) is 9.80 Å². The molecule has 0 radical (unpaired) electrons. The zero-order valence-corrected chi connectivity index (χ0v) is 16.6. The van der Waals surface area contributed by atoms with Crippen molar-refractivity contribution in [2.75, 3.05) is 37.6 Å². The van der Waals surface area contributed by atoms with Crippen molar-refractivity contribution >= 4 is 17.6 Å². The molecule has 2 aliphatic heterocycles. The number of aliphatic carboxylic acids is 1. The summed E-state index contributed by atoms with van der Waals surface area (Å²) in [6.45, 7) is 10.9. The number of carbonyl (C=O) groups excluding carboxylic acids is 1. The number of piperidine rings is 1. The maximum atomic E-state index is 12.9. The monoisotopic (exact) mass is 373 g/mol. The van der Waals surface area contributed by atoms with Gasteiger partial charge in [0.25, 0.3) is 5.91 Å². The fraction of sp³-hybridized carbons (Fsp3) is 0.619. The molecule has 1 N–H and O–H groups in total. The zero-order valence-electron chi connectivity index (χ0n) is 16.6. The van der Waals surface area contributed by atoms with Gasteiger partial charge in [0.2, 0.25) is 0 Å². The van der Waals surface area contributed by atoms with Gasteiger partial charge in [0, 0.05) is 56.1 Å². The largest absolute Gasteiger partial charge is 0.481 e. The highest BCUT2D eigenvalue weighted by molar-refractivity contribution is 5.95. The minimum absolute atomic E-state index is 0.0652. The molecular formula is C21H31N3O3. The molecule has 1 aromatic rings. The molecule has 2 heterocycles. The number of likely N-dealkylation sites (tertiary alicyclic amines) is 1. The molecule has 1 aromatic carbocycles. The number of benzene rings is 1. The van der Waals surface area contributed by atoms with Crippen molar-refractivity contribution in [2.24, 2.45) is 5.92 Å². The summed E-state index contributed by atoms with van der Waals surface area (Å²) < 4.78 is 0. The van der Waals surface area contributed by atoms with Crippen molar-refractivity contribution in [2.45, 2.75) is 45.7 Å². The van der Waals surface area contributed by atoms with Crippen LogP contribution in [-0.2, 0) is 4.79 Å². The Hall–Kier alpha value is -2.08. The van der Waals surface area contributed by atoms with E-state index in [1.54, 1.807) is 4.90 Å². The first kappa shape index (κ1) is 19.7. The summed E-state index contributed by atoms with van der Waals surface area (Å²) in [6, 6.07) is 8.45. The van der Waals surface area contributed by atoms with Crippen LogP contribution >= 0.6 is 0 Å². The van der Waals surface area contributed by atoms with Gasteiger partial charge in [-0.15, -0.1) is 0 Å². The van der Waals surface area contributed by atoms with Crippen LogP contribution in [0.5, 0.6) is 0 Å². The summed E-state index contributed by atoms with van der Waals surface area (Å²) in [7, 11) is 0. The normalized spacial score (nSPS) is 24.3. The third kappa shape index (κ3) is 4.43. The van der Waals surface area contributed by atoms with Crippen molar-refractivity contribution in [3.8, 4) is 0 Å². The third-order valence-corrected chi connectivity index (χ3v) is 6.02. The lowest BCUT2D eigenvalue weighted by molar-refractivity contribution is -0.143. The lowest BCUT2D eigenvalue weighted by Gasteiger charge is -2.38. The fourth-order valence-corrected chi connectivity index (χ4v) is 4.07. The van der Waals surface area contributed by atoms with E-state index in [-0.39, 0.29) is 11.9 Å². The van der Waals surface area contributed by atoms with E-state index in [4.69, 9.17) is 0 Å². The highest BCUT2D eigenvalue weighted by Gasteiger charge is 2.33. The van der Waals surface area contributed by atoms with Gasteiger partial charge in [-0.3, -0.25) is 14.5 Å². The molecule has 2 unspecified atom stereocenters. The maximum absolute atomic E-state index is 12.9. The number of anilines is 1. The van der Waals surface area contributed by atoms with E-state index >= 15 is 0 Å². The molecule has 6 nitrogen and oxygen atoms in total. The van der Waals surface area contributed by atoms with Gasteiger partial charge in [0.15, 0.2) is 0 Å². The first-order valence-electron chi connectivity index (χ1n) is 9.99. The van der Waals surface area contributed by atoms with E-state index < -0.39 is 11.9 Å². The Kier molecular flexibility index (Phi) is 6.05. The summed E-state index contributed by atoms with van der Waals surface area (Å²) in [5.41, 5.74) is 1.78. The quantitative estimate of drug-likeness (QED) is 0.879. The third-order valence-electron chi connectivity index (χ3n) is 6.02. The van der Waals surface area contributed by atoms with Gasteiger partial charge in [-0.05, 0) is 57.9 Å². The molecule has 2 saturated heterocycles. The van der Waals surface area contributed by atoms with Crippen LogP contribution in [0.25, 0.3) is 0 Å². The number of hydrogen-bond donors (Lipinski definition) is 1. The zero-order chi connectivity index (χ0) is 19.6. The van der Waals surface area contributed by atoms with Crippen LogP contribution in [0, 0.1) is 5.92 Å². The molecule has 0 bridgehead atoms. The Morgan fingerprint density at radius 1 is 1.04 bits per heavy atom. The average molecular weight is 373 g/mol. The van der Waals surface area contributed by atoms with Gasteiger partial charge in [0.1, 0.15) is 0 Å². The molecule has 1 amide bonds. The molecule has 0 spiro atoms. The summed E-state index contributed by atoms with van der Waals surface area (Å²) in [5, 5.41) is 9.28. The second-order valence-corrected chi connectivity index (χ2v) is 8.08. The number of piperazine rings is 1. The molecule has 2 aliphatic rings. The van der Waals surface area contributed by atoms with Crippen molar-refractivity contribution in [3.63, 3.8) is 0 Å². The Labute approximate surface area is 161 Å². The van der Waals surface area contributed by atoms with E-state index in [1.807, 2.05) is 31.2 Å². The average Bonchev–Trinajstić information content (AvgIpc) is 2.68. The molecule has 0 saturated carbocycles. The van der Waals surface area contributed by atoms with Crippen LogP contribution < -0.4 is 4.90 Å². The minimum atomic E-state index is -0.810. The van der Waals surface area contributed by atoms with Crippen LogP contribution in [-0.4, -0.2) is 71.6 Å². The van der Waals surface area contributed by atoms with Gasteiger partial charge in [-0.2, -0.15) is 0 Å². The first-order valence-corrected chi connectivity index (χ1v) is 9.99. The summed E-state index contributed by atoms with van der Waals surface area (Å²) in [5.74, 6) is -1.33. The number of amides is 1. The van der Waals surface area contributed by atoms with E-state index in [1.165, 1.54) is 0 Å². The number of nitrogens with zero attached hydrogens (tertiary/aromatic N) is 3. The SMILES string of the molecule is CC(C)N1CCN(c2ccc(C(=O)N3CC(C(=O)O)CCC3C)cc2)CC1. The molecule has 3 rings (SSSR count). The van der Waals surface area contributed by atoms with Crippen LogP contribution in [0.2, 0.25) is 0 Å². The van der Waals surface area contributed by atoms with Gasteiger partial charge in [-0.25, -0.2) is 0 Å².